The van der Waals surface area contributed by atoms with Crippen LogP contribution < -0.4 is 14.4 Å². The molecular formula is C18H28N2O4S. The number of ether oxygens (including phenoxy) is 1. The Labute approximate surface area is 150 Å². The third kappa shape index (κ3) is 5.36. The molecule has 0 spiro atoms. The largest absolute Gasteiger partial charge is 0.497 e. The summed E-state index contributed by atoms with van der Waals surface area (Å²) in [5.41, 5.74) is 0.448. The minimum absolute atomic E-state index is 0.271. The van der Waals surface area contributed by atoms with Gasteiger partial charge < -0.3 is 10.1 Å². The monoisotopic (exact) mass is 368 g/mol. The molecule has 1 atom stereocenters. The number of methoxy groups -OCH3 is 1. The van der Waals surface area contributed by atoms with Crippen LogP contribution in [0.15, 0.2) is 24.3 Å². The molecule has 1 fully saturated rings. The van der Waals surface area contributed by atoms with Crippen molar-refractivity contribution < 1.29 is 17.9 Å². The fourth-order valence-electron chi connectivity index (χ4n) is 3.32. The Hall–Kier alpha value is -1.76. The summed E-state index contributed by atoms with van der Waals surface area (Å²) in [7, 11) is -2.05. The number of hydrogen-bond donors (Lipinski definition) is 1. The number of nitrogens with zero attached hydrogens (tertiary/aromatic N) is 1. The molecule has 7 heteroatoms. The van der Waals surface area contributed by atoms with Gasteiger partial charge >= 0.3 is 0 Å². The molecule has 0 radical (unpaired) electrons. The van der Waals surface area contributed by atoms with Gasteiger partial charge in [-0.1, -0.05) is 19.3 Å². The van der Waals surface area contributed by atoms with Crippen LogP contribution in [0.2, 0.25) is 0 Å². The number of anilines is 1. The SMILES string of the molecule is COc1ccc(N(C(C)C(=O)NCC2CCCCC2)S(C)(=O)=O)cc1. The molecule has 0 heterocycles. The fraction of sp³-hybridized carbons (Fsp3) is 0.611. The Kier molecular flexibility index (Phi) is 6.70. The van der Waals surface area contributed by atoms with Gasteiger partial charge in [0, 0.05) is 6.54 Å². The van der Waals surface area contributed by atoms with Crippen molar-refractivity contribution in [2.24, 2.45) is 5.92 Å². The number of benzene rings is 1. The van der Waals surface area contributed by atoms with Gasteiger partial charge in [-0.05, 0) is 49.9 Å². The first-order valence-electron chi connectivity index (χ1n) is 8.74. The van der Waals surface area contributed by atoms with Gasteiger partial charge in [0.25, 0.3) is 0 Å². The average molecular weight is 368 g/mol. The van der Waals surface area contributed by atoms with Gasteiger partial charge in [0.2, 0.25) is 15.9 Å². The lowest BCUT2D eigenvalue weighted by molar-refractivity contribution is -0.122. The molecule has 140 valence electrons. The summed E-state index contributed by atoms with van der Waals surface area (Å²) in [5, 5.41) is 2.93. The van der Waals surface area contributed by atoms with Crippen LogP contribution in [-0.2, 0) is 14.8 Å². The van der Waals surface area contributed by atoms with Crippen LogP contribution in [0.1, 0.15) is 39.0 Å². The molecule has 1 aromatic rings. The van der Waals surface area contributed by atoms with Crippen molar-refractivity contribution in [2.45, 2.75) is 45.1 Å². The maximum absolute atomic E-state index is 12.5. The van der Waals surface area contributed by atoms with E-state index in [0.29, 0.717) is 23.9 Å². The molecule has 0 aliphatic heterocycles. The third-order valence-electron chi connectivity index (χ3n) is 4.71. The second kappa shape index (κ2) is 8.56. The molecule has 1 saturated carbocycles. The van der Waals surface area contributed by atoms with Crippen LogP contribution in [0.25, 0.3) is 0 Å². The Morgan fingerprint density at radius 1 is 1.24 bits per heavy atom. The second-order valence-electron chi connectivity index (χ2n) is 6.68. The zero-order chi connectivity index (χ0) is 18.4. The van der Waals surface area contributed by atoms with Crippen molar-refractivity contribution in [3.63, 3.8) is 0 Å². The maximum Gasteiger partial charge on any atom is 0.243 e. The van der Waals surface area contributed by atoms with Crippen LogP contribution in [0.3, 0.4) is 0 Å². The van der Waals surface area contributed by atoms with E-state index in [2.05, 4.69) is 5.32 Å². The summed E-state index contributed by atoms with van der Waals surface area (Å²) in [6, 6.07) is 5.84. The summed E-state index contributed by atoms with van der Waals surface area (Å²) < 4.78 is 30.8. The number of amides is 1. The van der Waals surface area contributed by atoms with Gasteiger partial charge in [0.05, 0.1) is 19.1 Å². The highest BCUT2D eigenvalue weighted by Gasteiger charge is 2.29. The van der Waals surface area contributed by atoms with Crippen LogP contribution >= 0.6 is 0 Å². The van der Waals surface area contributed by atoms with Crippen molar-refractivity contribution in [3.8, 4) is 5.75 Å². The number of sulfonamides is 1. The van der Waals surface area contributed by atoms with Gasteiger partial charge in [0.15, 0.2) is 0 Å². The van der Waals surface area contributed by atoms with E-state index in [1.165, 1.54) is 19.3 Å². The smallest absolute Gasteiger partial charge is 0.243 e. The molecule has 1 amide bonds. The normalized spacial score (nSPS) is 16.9. The zero-order valence-corrected chi connectivity index (χ0v) is 16.0. The molecule has 1 N–H and O–H groups in total. The lowest BCUT2D eigenvalue weighted by Gasteiger charge is -2.29. The number of carbonyl (C=O) groups is 1. The van der Waals surface area contributed by atoms with Crippen molar-refractivity contribution >= 4 is 21.6 Å². The first kappa shape index (κ1) is 19.6. The standard InChI is InChI=1S/C18H28N2O4S/c1-14(18(21)19-13-15-7-5-4-6-8-15)20(25(3,22)23)16-9-11-17(24-2)12-10-16/h9-12,14-15H,4-8,13H2,1-3H3,(H,19,21). The highest BCUT2D eigenvalue weighted by molar-refractivity contribution is 7.92. The zero-order valence-electron chi connectivity index (χ0n) is 15.2. The predicted octanol–water partition coefficient (Wildman–Crippen LogP) is 2.55. The molecule has 0 bridgehead atoms. The summed E-state index contributed by atoms with van der Waals surface area (Å²) in [6.07, 6.45) is 7.04. The Morgan fingerprint density at radius 2 is 1.84 bits per heavy atom. The Bertz CT molecular complexity index is 667. The first-order valence-corrected chi connectivity index (χ1v) is 10.6. The van der Waals surface area contributed by atoms with Crippen molar-refractivity contribution in [2.75, 3.05) is 24.2 Å². The topological polar surface area (TPSA) is 75.7 Å². The molecule has 1 aromatic carbocycles. The van der Waals surface area contributed by atoms with E-state index in [0.717, 1.165) is 23.4 Å². The minimum atomic E-state index is -3.59. The van der Waals surface area contributed by atoms with Crippen LogP contribution in [0.5, 0.6) is 5.75 Å². The number of carbonyl (C=O) groups excluding carboxylic acids is 1. The summed E-state index contributed by atoms with van der Waals surface area (Å²) in [4.78, 5) is 12.5. The number of rotatable bonds is 7. The van der Waals surface area contributed by atoms with E-state index in [-0.39, 0.29) is 5.91 Å². The van der Waals surface area contributed by atoms with E-state index in [1.807, 2.05) is 0 Å². The van der Waals surface area contributed by atoms with Crippen molar-refractivity contribution in [3.05, 3.63) is 24.3 Å². The second-order valence-corrected chi connectivity index (χ2v) is 8.54. The maximum atomic E-state index is 12.5. The van der Waals surface area contributed by atoms with E-state index in [1.54, 1.807) is 38.3 Å². The highest BCUT2D eigenvalue weighted by atomic mass is 32.2. The van der Waals surface area contributed by atoms with Crippen LogP contribution in [0.4, 0.5) is 5.69 Å². The van der Waals surface area contributed by atoms with E-state index >= 15 is 0 Å². The van der Waals surface area contributed by atoms with Crippen LogP contribution in [0, 0.1) is 5.92 Å². The Morgan fingerprint density at radius 3 is 2.36 bits per heavy atom. The quantitative estimate of drug-likeness (QED) is 0.802. The summed E-state index contributed by atoms with van der Waals surface area (Å²) >= 11 is 0. The van der Waals surface area contributed by atoms with Crippen molar-refractivity contribution in [1.82, 2.24) is 5.32 Å². The predicted molar refractivity (Wildman–Crippen MR) is 99.4 cm³/mol. The van der Waals surface area contributed by atoms with Crippen molar-refractivity contribution in [1.29, 1.82) is 0 Å². The lowest BCUT2D eigenvalue weighted by Crippen LogP contribution is -2.48. The van der Waals surface area contributed by atoms with Gasteiger partial charge in [-0.3, -0.25) is 9.10 Å². The molecule has 0 saturated heterocycles. The van der Waals surface area contributed by atoms with Gasteiger partial charge in [-0.25, -0.2) is 8.42 Å². The average Bonchev–Trinajstić information content (AvgIpc) is 2.60. The molecule has 1 unspecified atom stereocenters. The molecule has 1 aliphatic carbocycles. The molecule has 25 heavy (non-hydrogen) atoms. The fourth-order valence-corrected chi connectivity index (χ4v) is 4.50. The lowest BCUT2D eigenvalue weighted by atomic mass is 9.89. The Balaban J connectivity index is 2.09. The van der Waals surface area contributed by atoms with Gasteiger partial charge in [0.1, 0.15) is 11.8 Å². The first-order chi connectivity index (χ1) is 11.8. The van der Waals surface area contributed by atoms with Gasteiger partial charge in [-0.15, -0.1) is 0 Å². The third-order valence-corrected chi connectivity index (χ3v) is 5.95. The number of nitrogens with one attached hydrogen (secondary N) is 1. The van der Waals surface area contributed by atoms with Gasteiger partial charge in [-0.2, -0.15) is 0 Å². The summed E-state index contributed by atoms with van der Waals surface area (Å²) in [5.74, 6) is 0.857. The molecule has 6 nitrogen and oxygen atoms in total. The van der Waals surface area contributed by atoms with Crippen LogP contribution in [-0.4, -0.2) is 40.3 Å². The number of hydrogen-bond acceptors (Lipinski definition) is 4. The molecule has 1 aliphatic rings. The summed E-state index contributed by atoms with van der Waals surface area (Å²) in [6.45, 7) is 2.23. The highest BCUT2D eigenvalue weighted by Crippen LogP contribution is 2.25. The van der Waals surface area contributed by atoms with E-state index in [4.69, 9.17) is 4.74 Å². The van der Waals surface area contributed by atoms with E-state index < -0.39 is 16.1 Å². The minimum Gasteiger partial charge on any atom is -0.497 e. The van der Waals surface area contributed by atoms with E-state index in [9.17, 15) is 13.2 Å². The molecular weight excluding hydrogens is 340 g/mol. The molecule has 0 aromatic heterocycles. The molecule has 2 rings (SSSR count).